The van der Waals surface area contributed by atoms with Crippen molar-refractivity contribution in [2.45, 2.75) is 13.1 Å². The normalized spacial score (nSPS) is 11.1. The highest BCUT2D eigenvalue weighted by Crippen LogP contribution is 2.24. The minimum Gasteiger partial charge on any atom is -0.307 e. The highest BCUT2D eigenvalue weighted by atomic mass is 35.5. The van der Waals surface area contributed by atoms with Crippen LogP contribution in [0.3, 0.4) is 0 Å². The Kier molecular flexibility index (Phi) is 3.52. The van der Waals surface area contributed by atoms with Gasteiger partial charge in [0.15, 0.2) is 0 Å². The molecule has 1 N–H and O–H groups in total. The van der Waals surface area contributed by atoms with E-state index in [9.17, 15) is 9.59 Å². The van der Waals surface area contributed by atoms with Crippen LogP contribution in [0.1, 0.15) is 0 Å². The fraction of sp³-hybridized carbons (Fsp3) is 0.167. The highest BCUT2D eigenvalue weighted by molar-refractivity contribution is 6.42. The minimum absolute atomic E-state index is 0.174. The van der Waals surface area contributed by atoms with Gasteiger partial charge in [0, 0.05) is 0 Å². The standard InChI is InChI=1S/C12H9Cl2N5O2/c13-8-3-7-10(4-9(8)14)17-12(21)19(11(7)20)2-1-18-6-15-5-16-18/h3-6H,1-2H2,(H,17,21). The van der Waals surface area contributed by atoms with E-state index in [2.05, 4.69) is 15.1 Å². The van der Waals surface area contributed by atoms with E-state index in [-0.39, 0.29) is 16.6 Å². The Balaban J connectivity index is 2.08. The average molecular weight is 326 g/mol. The van der Waals surface area contributed by atoms with Gasteiger partial charge in [-0.1, -0.05) is 23.2 Å². The summed E-state index contributed by atoms with van der Waals surface area (Å²) in [6.07, 6.45) is 2.89. The predicted molar refractivity (Wildman–Crippen MR) is 78.9 cm³/mol. The van der Waals surface area contributed by atoms with Gasteiger partial charge in [-0.25, -0.2) is 9.78 Å². The van der Waals surface area contributed by atoms with E-state index >= 15 is 0 Å². The van der Waals surface area contributed by atoms with Crippen LogP contribution in [0.25, 0.3) is 10.9 Å². The number of nitrogens with one attached hydrogen (secondary N) is 1. The van der Waals surface area contributed by atoms with Gasteiger partial charge in [-0.05, 0) is 12.1 Å². The van der Waals surface area contributed by atoms with Gasteiger partial charge < -0.3 is 4.98 Å². The zero-order chi connectivity index (χ0) is 15.0. The van der Waals surface area contributed by atoms with Crippen molar-refractivity contribution in [2.75, 3.05) is 0 Å². The predicted octanol–water partition coefficient (Wildman–Crippen LogP) is 1.29. The molecule has 0 bridgehead atoms. The molecule has 21 heavy (non-hydrogen) atoms. The molecule has 0 radical (unpaired) electrons. The molecular formula is C12H9Cl2N5O2. The third-order valence-corrected chi connectivity index (χ3v) is 3.76. The zero-order valence-electron chi connectivity index (χ0n) is 10.6. The second-order valence-corrected chi connectivity index (χ2v) is 5.17. The zero-order valence-corrected chi connectivity index (χ0v) is 12.1. The van der Waals surface area contributed by atoms with Crippen LogP contribution in [-0.4, -0.2) is 24.3 Å². The van der Waals surface area contributed by atoms with Crippen molar-refractivity contribution in [3.8, 4) is 0 Å². The second kappa shape index (κ2) is 5.34. The Morgan fingerprint density at radius 3 is 2.62 bits per heavy atom. The minimum atomic E-state index is -0.508. The maximum absolute atomic E-state index is 12.4. The summed E-state index contributed by atoms with van der Waals surface area (Å²) < 4.78 is 2.62. The van der Waals surface area contributed by atoms with Gasteiger partial charge in [-0.3, -0.25) is 14.0 Å². The number of halogens is 2. The van der Waals surface area contributed by atoms with Crippen LogP contribution in [0, 0.1) is 0 Å². The molecule has 0 aliphatic heterocycles. The van der Waals surface area contributed by atoms with Gasteiger partial charge in [0.05, 0.1) is 34.0 Å². The SMILES string of the molecule is O=c1[nH]c2cc(Cl)c(Cl)cc2c(=O)n1CCn1cncn1. The van der Waals surface area contributed by atoms with Crippen molar-refractivity contribution in [1.82, 2.24) is 24.3 Å². The molecule has 1 aromatic carbocycles. The van der Waals surface area contributed by atoms with Gasteiger partial charge in [-0.15, -0.1) is 0 Å². The summed E-state index contributed by atoms with van der Waals surface area (Å²) in [5, 5.41) is 4.76. The number of H-pyrrole nitrogens is 1. The number of aromatic amines is 1. The number of fused-ring (bicyclic) bond motifs is 1. The Labute approximate surface area is 127 Å². The Morgan fingerprint density at radius 1 is 1.14 bits per heavy atom. The van der Waals surface area contributed by atoms with Crippen molar-refractivity contribution in [1.29, 1.82) is 0 Å². The maximum atomic E-state index is 12.4. The Hall–Kier alpha value is -2.12. The van der Waals surface area contributed by atoms with Crippen LogP contribution in [0.5, 0.6) is 0 Å². The van der Waals surface area contributed by atoms with Gasteiger partial charge in [0.2, 0.25) is 0 Å². The van der Waals surface area contributed by atoms with Gasteiger partial charge >= 0.3 is 5.69 Å². The van der Waals surface area contributed by atoms with E-state index in [1.165, 1.54) is 29.5 Å². The van der Waals surface area contributed by atoms with Crippen LogP contribution in [0.4, 0.5) is 0 Å². The van der Waals surface area contributed by atoms with E-state index in [1.807, 2.05) is 0 Å². The van der Waals surface area contributed by atoms with E-state index in [0.717, 1.165) is 4.57 Å². The van der Waals surface area contributed by atoms with E-state index < -0.39 is 11.2 Å². The first-order valence-corrected chi connectivity index (χ1v) is 6.76. The third-order valence-electron chi connectivity index (χ3n) is 3.04. The Bertz CT molecular complexity index is 914. The molecule has 0 amide bonds. The molecule has 7 nitrogen and oxygen atoms in total. The summed E-state index contributed by atoms with van der Waals surface area (Å²) >= 11 is 11.8. The van der Waals surface area contributed by atoms with Crippen molar-refractivity contribution in [3.63, 3.8) is 0 Å². The van der Waals surface area contributed by atoms with Crippen LogP contribution in [-0.2, 0) is 13.1 Å². The molecular weight excluding hydrogens is 317 g/mol. The van der Waals surface area contributed by atoms with Crippen LogP contribution < -0.4 is 11.2 Å². The molecule has 0 aliphatic carbocycles. The molecule has 0 aliphatic rings. The first-order valence-electron chi connectivity index (χ1n) is 6.00. The van der Waals surface area contributed by atoms with Crippen molar-refractivity contribution in [2.24, 2.45) is 0 Å². The summed E-state index contributed by atoms with van der Waals surface area (Å²) in [6, 6.07) is 2.91. The number of benzene rings is 1. The molecule has 3 rings (SSSR count). The second-order valence-electron chi connectivity index (χ2n) is 4.36. The summed E-state index contributed by atoms with van der Waals surface area (Å²) in [5.41, 5.74) is -0.574. The molecule has 2 aromatic heterocycles. The molecule has 0 saturated carbocycles. The van der Waals surface area contributed by atoms with Gasteiger partial charge in [-0.2, -0.15) is 5.10 Å². The molecule has 0 spiro atoms. The van der Waals surface area contributed by atoms with Crippen LogP contribution in [0.15, 0.2) is 34.4 Å². The summed E-state index contributed by atoms with van der Waals surface area (Å²) in [6.45, 7) is 0.531. The molecule has 0 unspecified atom stereocenters. The molecule has 3 aromatic rings. The van der Waals surface area contributed by atoms with Crippen LogP contribution >= 0.6 is 23.2 Å². The molecule has 2 heterocycles. The number of rotatable bonds is 3. The molecule has 0 fully saturated rings. The lowest BCUT2D eigenvalue weighted by molar-refractivity contribution is 0.510. The maximum Gasteiger partial charge on any atom is 0.328 e. The van der Waals surface area contributed by atoms with Crippen LogP contribution in [0.2, 0.25) is 10.0 Å². The van der Waals surface area contributed by atoms with Crippen molar-refractivity contribution >= 4 is 34.1 Å². The van der Waals surface area contributed by atoms with E-state index in [1.54, 1.807) is 0 Å². The fourth-order valence-corrected chi connectivity index (χ4v) is 2.33. The topological polar surface area (TPSA) is 85.6 Å². The molecule has 9 heteroatoms. The number of aromatic nitrogens is 5. The number of nitrogens with zero attached hydrogens (tertiary/aromatic N) is 4. The fourth-order valence-electron chi connectivity index (χ4n) is 2.00. The number of hydrogen-bond acceptors (Lipinski definition) is 4. The molecule has 108 valence electrons. The lowest BCUT2D eigenvalue weighted by Gasteiger charge is -2.07. The monoisotopic (exact) mass is 325 g/mol. The number of hydrogen-bond donors (Lipinski definition) is 1. The summed E-state index contributed by atoms with van der Waals surface area (Å²) in [4.78, 5) is 30.8. The Morgan fingerprint density at radius 2 is 1.90 bits per heavy atom. The van der Waals surface area contributed by atoms with Gasteiger partial charge in [0.1, 0.15) is 12.7 Å². The molecule has 0 saturated heterocycles. The summed E-state index contributed by atoms with van der Waals surface area (Å²) in [7, 11) is 0. The lowest BCUT2D eigenvalue weighted by atomic mass is 10.2. The van der Waals surface area contributed by atoms with E-state index in [4.69, 9.17) is 23.2 Å². The van der Waals surface area contributed by atoms with Crippen molar-refractivity contribution in [3.05, 3.63) is 55.7 Å². The van der Waals surface area contributed by atoms with Gasteiger partial charge in [0.25, 0.3) is 5.56 Å². The quantitative estimate of drug-likeness (QED) is 0.786. The first kappa shape index (κ1) is 13.8. The summed E-state index contributed by atoms with van der Waals surface area (Å²) in [5.74, 6) is 0. The molecule has 0 atom stereocenters. The average Bonchev–Trinajstić information content (AvgIpc) is 2.94. The van der Waals surface area contributed by atoms with Crippen molar-refractivity contribution < 1.29 is 0 Å². The van der Waals surface area contributed by atoms with E-state index in [0.29, 0.717) is 17.4 Å². The highest BCUT2D eigenvalue weighted by Gasteiger charge is 2.10. The largest absolute Gasteiger partial charge is 0.328 e. The number of aryl methyl sites for hydroxylation is 1. The first-order chi connectivity index (χ1) is 10.1. The lowest BCUT2D eigenvalue weighted by Crippen LogP contribution is -2.36. The smallest absolute Gasteiger partial charge is 0.307 e. The third kappa shape index (κ3) is 2.57.